The van der Waals surface area contributed by atoms with E-state index in [2.05, 4.69) is 5.32 Å². The van der Waals surface area contributed by atoms with E-state index in [1.807, 2.05) is 24.3 Å². The molecule has 0 aromatic heterocycles. The van der Waals surface area contributed by atoms with Crippen LogP contribution in [-0.2, 0) is 9.59 Å². The first-order valence-corrected chi connectivity index (χ1v) is 9.78. The molecule has 0 radical (unpaired) electrons. The van der Waals surface area contributed by atoms with Crippen LogP contribution in [0.4, 0.5) is 5.69 Å². The molecule has 3 N–H and O–H groups in total. The van der Waals surface area contributed by atoms with Crippen LogP contribution in [0.15, 0.2) is 54.6 Å². The van der Waals surface area contributed by atoms with Crippen molar-refractivity contribution in [2.45, 2.75) is 12.8 Å². The van der Waals surface area contributed by atoms with Crippen LogP contribution in [0, 0.1) is 5.92 Å². The quantitative estimate of drug-likeness (QED) is 0.719. The van der Waals surface area contributed by atoms with Crippen LogP contribution in [0.25, 0.3) is 6.08 Å². The molecule has 0 spiro atoms. The summed E-state index contributed by atoms with van der Waals surface area (Å²) in [6.45, 7) is 0.926. The van der Waals surface area contributed by atoms with Gasteiger partial charge >= 0.3 is 0 Å². The van der Waals surface area contributed by atoms with Gasteiger partial charge in [0.2, 0.25) is 11.8 Å². The van der Waals surface area contributed by atoms with E-state index in [9.17, 15) is 14.4 Å². The van der Waals surface area contributed by atoms with Crippen LogP contribution < -0.4 is 15.8 Å². The van der Waals surface area contributed by atoms with Gasteiger partial charge in [0.25, 0.3) is 5.91 Å². The van der Waals surface area contributed by atoms with Gasteiger partial charge in [0.15, 0.2) is 0 Å². The first-order chi connectivity index (χ1) is 14.5. The maximum atomic E-state index is 13.0. The topological polar surface area (TPSA) is 102 Å². The third-order valence-electron chi connectivity index (χ3n) is 5.12. The molecule has 7 heteroatoms. The molecule has 2 aromatic rings. The van der Waals surface area contributed by atoms with Crippen molar-refractivity contribution < 1.29 is 19.1 Å². The number of ether oxygens (including phenoxy) is 1. The van der Waals surface area contributed by atoms with Crippen LogP contribution in [-0.4, -0.2) is 42.8 Å². The molecule has 0 unspecified atom stereocenters. The van der Waals surface area contributed by atoms with Gasteiger partial charge in [-0.05, 0) is 48.7 Å². The minimum Gasteiger partial charge on any atom is -0.497 e. The Balaban J connectivity index is 1.67. The largest absolute Gasteiger partial charge is 0.497 e. The average molecular weight is 407 g/mol. The number of carbonyl (C=O) groups excluding carboxylic acids is 3. The SMILES string of the molecule is COc1cccc(C=CC(=O)Nc2ccccc2C(=O)N2CCC(C(N)=O)CC2)c1. The van der Waals surface area contributed by atoms with E-state index in [0.29, 0.717) is 42.9 Å². The molecule has 156 valence electrons. The number of hydrogen-bond acceptors (Lipinski definition) is 4. The van der Waals surface area contributed by atoms with Crippen LogP contribution >= 0.6 is 0 Å². The molecule has 1 saturated heterocycles. The number of benzene rings is 2. The summed E-state index contributed by atoms with van der Waals surface area (Å²) in [6.07, 6.45) is 4.20. The highest BCUT2D eigenvalue weighted by Crippen LogP contribution is 2.22. The van der Waals surface area contributed by atoms with E-state index in [0.717, 1.165) is 5.56 Å². The van der Waals surface area contributed by atoms with Crippen LogP contribution in [0.3, 0.4) is 0 Å². The van der Waals surface area contributed by atoms with Crippen molar-refractivity contribution in [1.29, 1.82) is 0 Å². The molecule has 0 atom stereocenters. The lowest BCUT2D eigenvalue weighted by molar-refractivity contribution is -0.123. The summed E-state index contributed by atoms with van der Waals surface area (Å²) in [4.78, 5) is 38.4. The minimum absolute atomic E-state index is 0.175. The number of methoxy groups -OCH3 is 1. The second-order valence-electron chi connectivity index (χ2n) is 7.11. The summed E-state index contributed by atoms with van der Waals surface area (Å²) in [5, 5.41) is 2.78. The van der Waals surface area contributed by atoms with Gasteiger partial charge in [0.05, 0.1) is 18.4 Å². The van der Waals surface area contributed by atoms with E-state index in [-0.39, 0.29) is 23.6 Å². The number of carbonyl (C=O) groups is 3. The van der Waals surface area contributed by atoms with Gasteiger partial charge in [-0.2, -0.15) is 0 Å². The molecule has 3 rings (SSSR count). The predicted octanol–water partition coefficient (Wildman–Crippen LogP) is 2.68. The van der Waals surface area contributed by atoms with E-state index in [1.165, 1.54) is 6.08 Å². The summed E-state index contributed by atoms with van der Waals surface area (Å²) in [5.41, 5.74) is 7.05. The van der Waals surface area contributed by atoms with Crippen molar-refractivity contribution in [3.8, 4) is 5.75 Å². The van der Waals surface area contributed by atoms with Gasteiger partial charge in [-0.25, -0.2) is 0 Å². The molecule has 2 aromatic carbocycles. The molecule has 0 aliphatic carbocycles. The first kappa shape index (κ1) is 21.1. The molecule has 3 amide bonds. The number of nitrogens with two attached hydrogens (primary N) is 1. The van der Waals surface area contributed by atoms with Gasteiger partial charge in [-0.1, -0.05) is 24.3 Å². The third kappa shape index (κ3) is 5.26. The molecular weight excluding hydrogens is 382 g/mol. The maximum Gasteiger partial charge on any atom is 0.255 e. The Bertz CT molecular complexity index is 962. The van der Waals surface area contributed by atoms with E-state index >= 15 is 0 Å². The summed E-state index contributed by atoms with van der Waals surface area (Å²) in [6, 6.07) is 14.2. The summed E-state index contributed by atoms with van der Waals surface area (Å²) >= 11 is 0. The number of likely N-dealkylation sites (tertiary alicyclic amines) is 1. The Morgan fingerprint density at radius 2 is 1.83 bits per heavy atom. The third-order valence-corrected chi connectivity index (χ3v) is 5.12. The maximum absolute atomic E-state index is 13.0. The number of hydrogen-bond donors (Lipinski definition) is 2. The Morgan fingerprint density at radius 1 is 1.10 bits per heavy atom. The van der Waals surface area contributed by atoms with Crippen LogP contribution in [0.2, 0.25) is 0 Å². The Hall–Kier alpha value is -3.61. The van der Waals surface area contributed by atoms with Crippen molar-refractivity contribution in [2.24, 2.45) is 11.7 Å². The van der Waals surface area contributed by atoms with Crippen molar-refractivity contribution in [3.63, 3.8) is 0 Å². The number of amides is 3. The highest BCUT2D eigenvalue weighted by atomic mass is 16.5. The smallest absolute Gasteiger partial charge is 0.255 e. The zero-order valence-corrected chi connectivity index (χ0v) is 16.8. The number of nitrogens with one attached hydrogen (secondary N) is 1. The normalized spacial score (nSPS) is 14.5. The fraction of sp³-hybridized carbons (Fsp3) is 0.261. The molecule has 1 fully saturated rings. The fourth-order valence-corrected chi connectivity index (χ4v) is 3.41. The molecule has 1 aliphatic heterocycles. The lowest BCUT2D eigenvalue weighted by Crippen LogP contribution is -2.42. The number of anilines is 1. The molecule has 0 bridgehead atoms. The summed E-state index contributed by atoms with van der Waals surface area (Å²) < 4.78 is 5.17. The van der Waals surface area contributed by atoms with Crippen molar-refractivity contribution in [2.75, 3.05) is 25.5 Å². The Morgan fingerprint density at radius 3 is 2.53 bits per heavy atom. The van der Waals surface area contributed by atoms with Gasteiger partial charge in [-0.15, -0.1) is 0 Å². The van der Waals surface area contributed by atoms with E-state index < -0.39 is 0 Å². The zero-order valence-electron chi connectivity index (χ0n) is 16.8. The Kier molecular flexibility index (Phi) is 6.85. The number of nitrogens with zero attached hydrogens (tertiary/aromatic N) is 1. The Labute approximate surface area is 175 Å². The number of para-hydroxylation sites is 1. The fourth-order valence-electron chi connectivity index (χ4n) is 3.41. The molecule has 1 heterocycles. The van der Waals surface area contributed by atoms with Gasteiger partial charge in [0, 0.05) is 25.1 Å². The van der Waals surface area contributed by atoms with E-state index in [4.69, 9.17) is 10.5 Å². The monoisotopic (exact) mass is 407 g/mol. The second kappa shape index (κ2) is 9.73. The number of primary amides is 1. The predicted molar refractivity (Wildman–Crippen MR) is 115 cm³/mol. The van der Waals surface area contributed by atoms with E-state index in [1.54, 1.807) is 42.4 Å². The first-order valence-electron chi connectivity index (χ1n) is 9.78. The van der Waals surface area contributed by atoms with Gasteiger partial charge < -0.3 is 20.7 Å². The highest BCUT2D eigenvalue weighted by Gasteiger charge is 2.27. The van der Waals surface area contributed by atoms with Crippen LogP contribution in [0.1, 0.15) is 28.8 Å². The van der Waals surface area contributed by atoms with Gasteiger partial charge in [0.1, 0.15) is 5.75 Å². The number of piperidine rings is 1. The minimum atomic E-state index is -0.342. The highest BCUT2D eigenvalue weighted by molar-refractivity contribution is 6.07. The van der Waals surface area contributed by atoms with Crippen molar-refractivity contribution in [3.05, 3.63) is 65.7 Å². The summed E-state index contributed by atoms with van der Waals surface area (Å²) in [7, 11) is 1.58. The average Bonchev–Trinajstić information content (AvgIpc) is 2.78. The standard InChI is InChI=1S/C23H25N3O4/c1-30-18-6-4-5-16(15-18)9-10-21(27)25-20-8-3-2-7-19(20)23(29)26-13-11-17(12-14-26)22(24)28/h2-10,15,17H,11-14H2,1H3,(H2,24,28)(H,25,27). The zero-order chi connectivity index (χ0) is 21.5. The number of rotatable bonds is 6. The second-order valence-corrected chi connectivity index (χ2v) is 7.11. The molecule has 1 aliphatic rings. The molecule has 7 nitrogen and oxygen atoms in total. The summed E-state index contributed by atoms with van der Waals surface area (Å²) in [5.74, 6) is -0.326. The molecule has 0 saturated carbocycles. The molecular formula is C23H25N3O4. The lowest BCUT2D eigenvalue weighted by atomic mass is 9.95. The van der Waals surface area contributed by atoms with Crippen molar-refractivity contribution in [1.82, 2.24) is 4.90 Å². The van der Waals surface area contributed by atoms with Crippen molar-refractivity contribution >= 4 is 29.5 Å². The lowest BCUT2D eigenvalue weighted by Gasteiger charge is -2.31. The van der Waals surface area contributed by atoms with Crippen LogP contribution in [0.5, 0.6) is 5.75 Å². The van der Waals surface area contributed by atoms with Gasteiger partial charge in [-0.3, -0.25) is 14.4 Å². The molecule has 30 heavy (non-hydrogen) atoms.